The Balaban J connectivity index is 1.90. The molecule has 0 bridgehead atoms. The van der Waals surface area contributed by atoms with Crippen LogP contribution in [-0.2, 0) is 9.53 Å². The summed E-state index contributed by atoms with van der Waals surface area (Å²) in [6, 6.07) is 0.0945. The Bertz CT molecular complexity index is 233. The third kappa shape index (κ3) is 2.69. The van der Waals surface area contributed by atoms with Gasteiger partial charge in [-0.1, -0.05) is 0 Å². The molecule has 0 radical (unpaired) electrons. The van der Waals surface area contributed by atoms with Crippen LogP contribution in [0.3, 0.4) is 0 Å². The molecule has 2 aliphatic rings. The number of nitrogens with two attached hydrogens (primary N) is 1. The standard InChI is InChI=1S/C11H20N2O2/c1-8(12)11(14)13(10-2-3-10)6-9-4-5-15-7-9/h8-10H,2-7,12H2,1H3/t8-,9?/m0/s1. The first-order valence-corrected chi connectivity index (χ1v) is 5.82. The van der Waals surface area contributed by atoms with Crippen molar-refractivity contribution in [1.82, 2.24) is 4.90 Å². The van der Waals surface area contributed by atoms with E-state index < -0.39 is 0 Å². The monoisotopic (exact) mass is 212 g/mol. The van der Waals surface area contributed by atoms with Crippen molar-refractivity contribution >= 4 is 5.91 Å². The number of carbonyl (C=O) groups excluding carboxylic acids is 1. The van der Waals surface area contributed by atoms with E-state index in [9.17, 15) is 4.79 Å². The highest BCUT2D eigenvalue weighted by Gasteiger charge is 2.35. The molecule has 1 aliphatic heterocycles. The van der Waals surface area contributed by atoms with Crippen molar-refractivity contribution in [3.8, 4) is 0 Å². The fourth-order valence-corrected chi connectivity index (χ4v) is 2.07. The highest BCUT2D eigenvalue weighted by molar-refractivity contribution is 5.81. The molecule has 0 aromatic rings. The lowest BCUT2D eigenvalue weighted by molar-refractivity contribution is -0.133. The third-order valence-electron chi connectivity index (χ3n) is 3.14. The van der Waals surface area contributed by atoms with E-state index in [4.69, 9.17) is 10.5 Å². The van der Waals surface area contributed by atoms with Gasteiger partial charge in [0.05, 0.1) is 12.6 Å². The molecule has 2 atom stereocenters. The van der Waals surface area contributed by atoms with Crippen molar-refractivity contribution in [2.45, 2.75) is 38.3 Å². The zero-order valence-electron chi connectivity index (χ0n) is 9.32. The van der Waals surface area contributed by atoms with Crippen LogP contribution in [0.2, 0.25) is 0 Å². The second-order valence-electron chi connectivity index (χ2n) is 4.74. The summed E-state index contributed by atoms with van der Waals surface area (Å²) in [6.45, 7) is 4.25. The minimum atomic E-state index is -0.368. The van der Waals surface area contributed by atoms with Crippen LogP contribution in [0.15, 0.2) is 0 Å². The molecule has 0 spiro atoms. The lowest BCUT2D eigenvalue weighted by atomic mass is 10.1. The van der Waals surface area contributed by atoms with Gasteiger partial charge < -0.3 is 15.4 Å². The van der Waals surface area contributed by atoms with Crippen LogP contribution >= 0.6 is 0 Å². The van der Waals surface area contributed by atoms with Gasteiger partial charge in [0.15, 0.2) is 0 Å². The molecular weight excluding hydrogens is 192 g/mol. The summed E-state index contributed by atoms with van der Waals surface area (Å²) >= 11 is 0. The lowest BCUT2D eigenvalue weighted by Gasteiger charge is -2.26. The molecule has 1 heterocycles. The minimum absolute atomic E-state index is 0.101. The van der Waals surface area contributed by atoms with Crippen molar-refractivity contribution in [1.29, 1.82) is 0 Å². The average Bonchev–Trinajstić information content (AvgIpc) is 2.92. The molecule has 2 N–H and O–H groups in total. The fraction of sp³-hybridized carbons (Fsp3) is 0.909. The van der Waals surface area contributed by atoms with Crippen LogP contribution < -0.4 is 5.73 Å². The van der Waals surface area contributed by atoms with Gasteiger partial charge >= 0.3 is 0 Å². The van der Waals surface area contributed by atoms with Crippen LogP contribution in [0.1, 0.15) is 26.2 Å². The summed E-state index contributed by atoms with van der Waals surface area (Å²) in [4.78, 5) is 13.8. The second kappa shape index (κ2) is 4.49. The van der Waals surface area contributed by atoms with Gasteiger partial charge in [-0.3, -0.25) is 4.79 Å². The Morgan fingerprint density at radius 2 is 2.27 bits per heavy atom. The molecule has 1 saturated heterocycles. The largest absolute Gasteiger partial charge is 0.381 e. The van der Waals surface area contributed by atoms with Crippen LogP contribution in [0.4, 0.5) is 0 Å². The molecule has 15 heavy (non-hydrogen) atoms. The van der Waals surface area contributed by atoms with Gasteiger partial charge in [-0.25, -0.2) is 0 Å². The predicted octanol–water partition coefficient (Wildman–Crippen LogP) is 0.361. The molecule has 4 nitrogen and oxygen atoms in total. The molecular formula is C11H20N2O2. The quantitative estimate of drug-likeness (QED) is 0.732. The van der Waals surface area contributed by atoms with Gasteiger partial charge in [-0.2, -0.15) is 0 Å². The summed E-state index contributed by atoms with van der Waals surface area (Å²) in [5.74, 6) is 0.623. The minimum Gasteiger partial charge on any atom is -0.381 e. The Morgan fingerprint density at radius 1 is 1.53 bits per heavy atom. The normalized spacial score (nSPS) is 27.7. The number of hydrogen-bond acceptors (Lipinski definition) is 3. The number of rotatable bonds is 4. The molecule has 1 saturated carbocycles. The first-order chi connectivity index (χ1) is 7.18. The van der Waals surface area contributed by atoms with E-state index in [1.165, 1.54) is 0 Å². The van der Waals surface area contributed by atoms with Crippen molar-refractivity contribution in [3.63, 3.8) is 0 Å². The number of amides is 1. The van der Waals surface area contributed by atoms with Gasteiger partial charge in [0, 0.05) is 25.1 Å². The van der Waals surface area contributed by atoms with Gasteiger partial charge in [0.25, 0.3) is 0 Å². The molecule has 86 valence electrons. The van der Waals surface area contributed by atoms with Crippen molar-refractivity contribution in [2.75, 3.05) is 19.8 Å². The van der Waals surface area contributed by atoms with E-state index in [-0.39, 0.29) is 11.9 Å². The zero-order chi connectivity index (χ0) is 10.8. The molecule has 2 rings (SSSR count). The van der Waals surface area contributed by atoms with Gasteiger partial charge in [-0.05, 0) is 26.2 Å². The molecule has 2 fully saturated rings. The van der Waals surface area contributed by atoms with Crippen molar-refractivity contribution in [3.05, 3.63) is 0 Å². The average molecular weight is 212 g/mol. The Labute approximate surface area is 90.8 Å². The Kier molecular flexibility index (Phi) is 3.26. The molecule has 0 aromatic heterocycles. The van der Waals surface area contributed by atoms with E-state index in [0.717, 1.165) is 39.0 Å². The number of carbonyl (C=O) groups is 1. The van der Waals surface area contributed by atoms with E-state index in [2.05, 4.69) is 0 Å². The second-order valence-corrected chi connectivity index (χ2v) is 4.74. The SMILES string of the molecule is C[C@H](N)C(=O)N(CC1CCOC1)C1CC1. The maximum atomic E-state index is 11.9. The Hall–Kier alpha value is -0.610. The van der Waals surface area contributed by atoms with Crippen LogP contribution in [0.5, 0.6) is 0 Å². The molecule has 1 aliphatic carbocycles. The maximum Gasteiger partial charge on any atom is 0.239 e. The summed E-state index contributed by atoms with van der Waals surface area (Å²) < 4.78 is 5.33. The molecule has 1 amide bonds. The van der Waals surface area contributed by atoms with Gasteiger partial charge in [0.1, 0.15) is 0 Å². The van der Waals surface area contributed by atoms with Crippen molar-refractivity contribution in [2.24, 2.45) is 11.7 Å². The fourth-order valence-electron chi connectivity index (χ4n) is 2.07. The summed E-state index contributed by atoms with van der Waals surface area (Å²) in [7, 11) is 0. The van der Waals surface area contributed by atoms with Gasteiger partial charge in [-0.15, -0.1) is 0 Å². The first-order valence-electron chi connectivity index (χ1n) is 5.82. The summed E-state index contributed by atoms with van der Waals surface area (Å²) in [6.07, 6.45) is 3.37. The van der Waals surface area contributed by atoms with E-state index in [1.54, 1.807) is 6.92 Å². The predicted molar refractivity (Wildman–Crippen MR) is 57.3 cm³/mol. The smallest absolute Gasteiger partial charge is 0.239 e. The maximum absolute atomic E-state index is 11.9. The van der Waals surface area contributed by atoms with Crippen LogP contribution in [0.25, 0.3) is 0 Å². The van der Waals surface area contributed by atoms with Crippen LogP contribution in [0, 0.1) is 5.92 Å². The van der Waals surface area contributed by atoms with E-state index in [1.807, 2.05) is 4.90 Å². The highest BCUT2D eigenvalue weighted by atomic mass is 16.5. The number of hydrogen-bond donors (Lipinski definition) is 1. The van der Waals surface area contributed by atoms with Crippen LogP contribution in [-0.4, -0.2) is 42.6 Å². The molecule has 0 aromatic carbocycles. The summed E-state index contributed by atoms with van der Waals surface area (Å²) in [5, 5.41) is 0. The number of nitrogens with zero attached hydrogens (tertiary/aromatic N) is 1. The van der Waals surface area contributed by atoms with Crippen molar-refractivity contribution < 1.29 is 9.53 Å². The van der Waals surface area contributed by atoms with E-state index >= 15 is 0 Å². The Morgan fingerprint density at radius 3 is 2.73 bits per heavy atom. The summed E-state index contributed by atoms with van der Waals surface area (Å²) in [5.41, 5.74) is 5.65. The zero-order valence-corrected chi connectivity index (χ0v) is 9.32. The topological polar surface area (TPSA) is 55.6 Å². The highest BCUT2D eigenvalue weighted by Crippen LogP contribution is 2.29. The molecule has 1 unspecified atom stereocenters. The van der Waals surface area contributed by atoms with E-state index in [0.29, 0.717) is 12.0 Å². The number of ether oxygens (including phenoxy) is 1. The lowest BCUT2D eigenvalue weighted by Crippen LogP contribution is -2.45. The molecule has 4 heteroatoms. The first kappa shape index (κ1) is 10.9. The third-order valence-corrected chi connectivity index (χ3v) is 3.14. The van der Waals surface area contributed by atoms with Gasteiger partial charge in [0.2, 0.25) is 5.91 Å².